The number of esters is 1. The Morgan fingerprint density at radius 1 is 1.00 bits per heavy atom. The minimum absolute atomic E-state index is 0.358. The number of carbonyl (C=O) groups is 2. The lowest BCUT2D eigenvalue weighted by molar-refractivity contribution is -0.136. The first-order chi connectivity index (χ1) is 16.5. The molecule has 2 aliphatic heterocycles. The number of carbonyl (C=O) groups excluding carboxylic acids is 2. The number of methoxy groups -OCH3 is 3. The molecule has 180 valence electrons. The molecule has 0 aliphatic carbocycles. The fourth-order valence-electron chi connectivity index (χ4n) is 4.43. The Kier molecular flexibility index (Phi) is 7.22. The maximum atomic E-state index is 12.8. The van der Waals surface area contributed by atoms with E-state index >= 15 is 0 Å². The minimum atomic E-state index is -0.638. The lowest BCUT2D eigenvalue weighted by Crippen LogP contribution is -2.51. The number of rotatable bonds is 7. The number of nitrogens with one attached hydrogen (secondary N) is 2. The molecule has 1 fully saturated rings. The second kappa shape index (κ2) is 10.5. The van der Waals surface area contributed by atoms with Gasteiger partial charge in [0, 0.05) is 38.4 Å². The third kappa shape index (κ3) is 4.94. The van der Waals surface area contributed by atoms with Crippen LogP contribution >= 0.6 is 0 Å². The first kappa shape index (κ1) is 23.4. The molecule has 0 aromatic heterocycles. The van der Waals surface area contributed by atoms with Crippen molar-refractivity contribution in [2.24, 2.45) is 0 Å². The maximum Gasteiger partial charge on any atom is 0.338 e. The first-order valence-corrected chi connectivity index (χ1v) is 11.2. The van der Waals surface area contributed by atoms with Crippen molar-refractivity contribution in [1.82, 2.24) is 15.5 Å². The molecular formula is C25H30N4O5. The first-order valence-electron chi connectivity index (χ1n) is 11.2. The molecule has 2 aromatic carbocycles. The smallest absolute Gasteiger partial charge is 0.338 e. The second-order valence-corrected chi connectivity index (χ2v) is 8.13. The largest absolute Gasteiger partial charge is 0.497 e. The highest BCUT2D eigenvalue weighted by Gasteiger charge is 2.34. The summed E-state index contributed by atoms with van der Waals surface area (Å²) in [5.74, 6) is 1.00. The van der Waals surface area contributed by atoms with Gasteiger partial charge in [0.15, 0.2) is 0 Å². The van der Waals surface area contributed by atoms with Crippen LogP contribution in [0.3, 0.4) is 0 Å². The molecule has 9 nitrogen and oxygen atoms in total. The van der Waals surface area contributed by atoms with Gasteiger partial charge in [0.2, 0.25) is 0 Å². The van der Waals surface area contributed by atoms with Crippen molar-refractivity contribution in [2.45, 2.75) is 6.04 Å². The monoisotopic (exact) mass is 466 g/mol. The number of amides is 2. The van der Waals surface area contributed by atoms with Gasteiger partial charge in [-0.3, -0.25) is 4.90 Å². The van der Waals surface area contributed by atoms with Gasteiger partial charge < -0.3 is 29.7 Å². The SMILES string of the molecule is COC(=O)C1=C(CN2CCN(c3ccccc3OC)CC2)NC(=O)N[C@@H]1c1cccc(OC)c1. The molecular weight excluding hydrogens is 436 g/mol. The van der Waals surface area contributed by atoms with Gasteiger partial charge in [0.25, 0.3) is 0 Å². The zero-order valence-electron chi connectivity index (χ0n) is 19.7. The number of hydrogen-bond donors (Lipinski definition) is 2. The Labute approximate surface area is 199 Å². The summed E-state index contributed by atoms with van der Waals surface area (Å²) in [5, 5.41) is 5.69. The molecule has 34 heavy (non-hydrogen) atoms. The van der Waals surface area contributed by atoms with E-state index in [0.29, 0.717) is 23.6 Å². The number of benzene rings is 2. The van der Waals surface area contributed by atoms with Crippen LogP contribution in [0, 0.1) is 0 Å². The molecule has 9 heteroatoms. The van der Waals surface area contributed by atoms with E-state index in [1.165, 1.54) is 7.11 Å². The summed E-state index contributed by atoms with van der Waals surface area (Å²) in [6.45, 7) is 3.56. The topological polar surface area (TPSA) is 92.4 Å². The number of piperazine rings is 1. The van der Waals surface area contributed by atoms with Crippen molar-refractivity contribution in [2.75, 3.05) is 59.0 Å². The molecule has 4 rings (SSSR count). The molecule has 2 N–H and O–H groups in total. The zero-order chi connectivity index (χ0) is 24.1. The maximum absolute atomic E-state index is 12.8. The van der Waals surface area contributed by atoms with E-state index in [0.717, 1.165) is 43.2 Å². The van der Waals surface area contributed by atoms with E-state index < -0.39 is 12.0 Å². The van der Waals surface area contributed by atoms with Crippen LogP contribution in [0.4, 0.5) is 10.5 Å². The number of anilines is 1. The third-order valence-electron chi connectivity index (χ3n) is 6.17. The predicted molar refractivity (Wildman–Crippen MR) is 128 cm³/mol. The summed E-state index contributed by atoms with van der Waals surface area (Å²) in [5.41, 5.74) is 2.75. The lowest BCUT2D eigenvalue weighted by atomic mass is 9.94. The van der Waals surface area contributed by atoms with Crippen molar-refractivity contribution in [3.8, 4) is 11.5 Å². The van der Waals surface area contributed by atoms with Crippen LogP contribution in [0.5, 0.6) is 11.5 Å². The fourth-order valence-corrected chi connectivity index (χ4v) is 4.43. The van der Waals surface area contributed by atoms with E-state index in [4.69, 9.17) is 14.2 Å². The van der Waals surface area contributed by atoms with Gasteiger partial charge >= 0.3 is 12.0 Å². The fraction of sp³-hybridized carbons (Fsp3) is 0.360. The quantitative estimate of drug-likeness (QED) is 0.605. The van der Waals surface area contributed by atoms with Crippen LogP contribution < -0.4 is 25.0 Å². The van der Waals surface area contributed by atoms with Crippen LogP contribution in [0.15, 0.2) is 59.8 Å². The highest BCUT2D eigenvalue weighted by Crippen LogP contribution is 2.31. The normalized spacial score (nSPS) is 18.7. The average molecular weight is 467 g/mol. The van der Waals surface area contributed by atoms with Gasteiger partial charge in [-0.05, 0) is 29.8 Å². The van der Waals surface area contributed by atoms with Gasteiger partial charge in [0.1, 0.15) is 11.5 Å². The zero-order valence-corrected chi connectivity index (χ0v) is 19.7. The molecule has 0 unspecified atom stereocenters. The van der Waals surface area contributed by atoms with E-state index in [9.17, 15) is 9.59 Å². The molecule has 1 saturated heterocycles. The van der Waals surface area contributed by atoms with Crippen LogP contribution in [-0.2, 0) is 9.53 Å². The average Bonchev–Trinajstić information content (AvgIpc) is 2.88. The van der Waals surface area contributed by atoms with Crippen molar-refractivity contribution in [1.29, 1.82) is 0 Å². The Balaban J connectivity index is 1.55. The van der Waals surface area contributed by atoms with Crippen LogP contribution in [-0.4, -0.2) is 71.0 Å². The molecule has 2 amide bonds. The minimum Gasteiger partial charge on any atom is -0.497 e. The number of para-hydroxylation sites is 2. The summed E-state index contributed by atoms with van der Waals surface area (Å²) in [6.07, 6.45) is 0. The van der Waals surface area contributed by atoms with Gasteiger partial charge in [-0.25, -0.2) is 9.59 Å². The summed E-state index contributed by atoms with van der Waals surface area (Å²) < 4.78 is 15.9. The summed E-state index contributed by atoms with van der Waals surface area (Å²) in [6, 6.07) is 14.3. The molecule has 2 aliphatic rings. The van der Waals surface area contributed by atoms with Gasteiger partial charge in [-0.1, -0.05) is 24.3 Å². The van der Waals surface area contributed by atoms with Crippen molar-refractivity contribution in [3.05, 3.63) is 65.4 Å². The molecule has 1 atom stereocenters. The van der Waals surface area contributed by atoms with E-state index in [-0.39, 0.29) is 6.03 Å². The summed E-state index contributed by atoms with van der Waals surface area (Å²) in [4.78, 5) is 29.9. The highest BCUT2D eigenvalue weighted by atomic mass is 16.5. The van der Waals surface area contributed by atoms with Crippen molar-refractivity contribution in [3.63, 3.8) is 0 Å². The molecule has 0 spiro atoms. The van der Waals surface area contributed by atoms with Gasteiger partial charge in [-0.15, -0.1) is 0 Å². The van der Waals surface area contributed by atoms with E-state index in [2.05, 4.69) is 26.5 Å². The van der Waals surface area contributed by atoms with Gasteiger partial charge in [-0.2, -0.15) is 0 Å². The van der Waals surface area contributed by atoms with Crippen LogP contribution in [0.2, 0.25) is 0 Å². The number of hydrogen-bond acceptors (Lipinski definition) is 7. The van der Waals surface area contributed by atoms with Gasteiger partial charge in [0.05, 0.1) is 38.6 Å². The lowest BCUT2D eigenvalue weighted by Gasteiger charge is -2.38. The second-order valence-electron chi connectivity index (χ2n) is 8.13. The Morgan fingerprint density at radius 3 is 2.47 bits per heavy atom. The molecule has 0 bridgehead atoms. The van der Waals surface area contributed by atoms with Crippen molar-refractivity contribution < 1.29 is 23.8 Å². The van der Waals surface area contributed by atoms with Crippen LogP contribution in [0.1, 0.15) is 11.6 Å². The molecule has 0 saturated carbocycles. The standard InChI is InChI=1S/C25H30N4O5/c1-32-18-8-6-7-17(15-18)23-22(24(30)34-3)19(26-25(31)27-23)16-28-11-13-29(14-12-28)20-9-4-5-10-21(20)33-2/h4-10,15,23H,11-14,16H2,1-3H3,(H2,26,27,31)/t23-/m1/s1. The van der Waals surface area contributed by atoms with Crippen molar-refractivity contribution >= 4 is 17.7 Å². The predicted octanol–water partition coefficient (Wildman–Crippen LogP) is 2.31. The van der Waals surface area contributed by atoms with E-state index in [1.807, 2.05) is 42.5 Å². The third-order valence-corrected chi connectivity index (χ3v) is 6.17. The molecule has 2 heterocycles. The van der Waals surface area contributed by atoms with E-state index in [1.54, 1.807) is 14.2 Å². The Morgan fingerprint density at radius 2 is 1.76 bits per heavy atom. The Bertz CT molecular complexity index is 1080. The van der Waals surface area contributed by atoms with Crippen LogP contribution in [0.25, 0.3) is 0 Å². The number of urea groups is 1. The molecule has 0 radical (unpaired) electrons. The molecule has 2 aromatic rings. The number of ether oxygens (including phenoxy) is 3. The summed E-state index contributed by atoms with van der Waals surface area (Å²) >= 11 is 0. The Hall–Kier alpha value is -3.72. The highest BCUT2D eigenvalue weighted by molar-refractivity contribution is 5.95. The summed E-state index contributed by atoms with van der Waals surface area (Å²) in [7, 11) is 4.60. The number of nitrogens with zero attached hydrogens (tertiary/aromatic N) is 2.